The van der Waals surface area contributed by atoms with Gasteiger partial charge in [0.05, 0.1) is 0 Å². The number of urea groups is 1. The maximum Gasteiger partial charge on any atom is 0.317 e. The molecule has 0 aromatic heterocycles. The molecule has 2 atom stereocenters. The van der Waals surface area contributed by atoms with Gasteiger partial charge in [-0.2, -0.15) is 0 Å². The number of hydrogen-bond donors (Lipinski definition) is 3. The molecule has 1 saturated heterocycles. The van der Waals surface area contributed by atoms with E-state index in [4.69, 9.17) is 11.1 Å². The topological polar surface area (TPSA) is 103 Å². The third kappa shape index (κ3) is 5.94. The molecule has 3 amide bonds. The number of benzene rings is 1. The van der Waals surface area contributed by atoms with Gasteiger partial charge in [-0.3, -0.25) is 15.1 Å². The first-order valence-corrected chi connectivity index (χ1v) is 9.15. The van der Waals surface area contributed by atoms with Crippen LogP contribution < -0.4 is 11.1 Å². The van der Waals surface area contributed by atoms with Crippen LogP contribution in [-0.4, -0.2) is 47.8 Å². The summed E-state index contributed by atoms with van der Waals surface area (Å²) in [6.45, 7) is 3.51. The fourth-order valence-electron chi connectivity index (χ4n) is 3.31. The number of carbonyl (C=O) groups excluding carboxylic acids is 2. The fourth-order valence-corrected chi connectivity index (χ4v) is 3.31. The molecule has 1 aromatic rings. The molecule has 0 radical (unpaired) electrons. The number of amides is 3. The van der Waals surface area contributed by atoms with Crippen molar-refractivity contribution in [2.45, 2.75) is 32.7 Å². The summed E-state index contributed by atoms with van der Waals surface area (Å²) in [7, 11) is 1.49. The van der Waals surface area contributed by atoms with Gasteiger partial charge >= 0.3 is 6.03 Å². The molecule has 0 bridgehead atoms. The number of likely N-dealkylation sites (tertiary alicyclic amines) is 1. The van der Waals surface area contributed by atoms with Gasteiger partial charge in [0.15, 0.2) is 5.96 Å². The lowest BCUT2D eigenvalue weighted by molar-refractivity contribution is -0.127. The second kappa shape index (κ2) is 9.34. The zero-order valence-electron chi connectivity index (χ0n) is 15.9. The van der Waals surface area contributed by atoms with Gasteiger partial charge in [-0.15, -0.1) is 0 Å². The van der Waals surface area contributed by atoms with E-state index in [2.05, 4.69) is 5.32 Å². The molecule has 0 spiro atoms. The third-order valence-corrected chi connectivity index (χ3v) is 5.11. The van der Waals surface area contributed by atoms with Gasteiger partial charge in [-0.1, -0.05) is 19.1 Å². The maximum absolute atomic E-state index is 13.2. The molecule has 1 aromatic carbocycles. The average molecular weight is 377 g/mol. The molecule has 148 valence electrons. The number of nitrogens with one attached hydrogen (secondary N) is 2. The number of nitrogens with zero attached hydrogens (tertiary/aromatic N) is 2. The Kier molecular flexibility index (Phi) is 7.15. The first-order valence-electron chi connectivity index (χ1n) is 9.15. The fraction of sp³-hybridized carbons (Fsp3) is 0.526. The van der Waals surface area contributed by atoms with E-state index < -0.39 is 0 Å². The van der Waals surface area contributed by atoms with Crippen LogP contribution in [0.3, 0.4) is 0 Å². The SMILES string of the molecule is C[C@H](CC(=O)N(C)C(=N)N)C1CCCN(C(=O)NCc2cccc(F)c2)C1. The van der Waals surface area contributed by atoms with E-state index in [-0.39, 0.29) is 42.1 Å². The Morgan fingerprint density at radius 1 is 1.48 bits per heavy atom. The molecular weight excluding hydrogens is 349 g/mol. The van der Waals surface area contributed by atoms with Crippen molar-refractivity contribution in [1.82, 2.24) is 15.1 Å². The Bertz CT molecular complexity index is 696. The van der Waals surface area contributed by atoms with Crippen LogP contribution in [-0.2, 0) is 11.3 Å². The summed E-state index contributed by atoms with van der Waals surface area (Å²) in [5, 5.41) is 10.2. The van der Waals surface area contributed by atoms with E-state index >= 15 is 0 Å². The summed E-state index contributed by atoms with van der Waals surface area (Å²) in [6.07, 6.45) is 2.12. The zero-order chi connectivity index (χ0) is 20.0. The van der Waals surface area contributed by atoms with Crippen molar-refractivity contribution in [2.75, 3.05) is 20.1 Å². The van der Waals surface area contributed by atoms with Gasteiger partial charge in [0.2, 0.25) is 5.91 Å². The molecule has 7 nitrogen and oxygen atoms in total. The van der Waals surface area contributed by atoms with Crippen LogP contribution in [0.5, 0.6) is 0 Å². The molecule has 1 heterocycles. The van der Waals surface area contributed by atoms with Gasteiger partial charge in [-0.05, 0) is 42.4 Å². The van der Waals surface area contributed by atoms with Gasteiger partial charge in [0.1, 0.15) is 5.82 Å². The lowest BCUT2D eigenvalue weighted by atomic mass is 9.84. The maximum atomic E-state index is 13.2. The summed E-state index contributed by atoms with van der Waals surface area (Å²) in [5.41, 5.74) is 6.06. The Morgan fingerprint density at radius 3 is 2.89 bits per heavy atom. The molecule has 1 aliphatic heterocycles. The number of piperidine rings is 1. The second-order valence-corrected chi connectivity index (χ2v) is 7.16. The van der Waals surface area contributed by atoms with Gasteiger partial charge in [0.25, 0.3) is 0 Å². The van der Waals surface area contributed by atoms with Crippen LogP contribution in [0.25, 0.3) is 0 Å². The van der Waals surface area contributed by atoms with Gasteiger partial charge < -0.3 is 16.0 Å². The third-order valence-electron chi connectivity index (χ3n) is 5.11. The Morgan fingerprint density at radius 2 is 2.22 bits per heavy atom. The molecule has 1 fully saturated rings. The van der Waals surface area contributed by atoms with Crippen LogP contribution in [0, 0.1) is 23.1 Å². The lowest BCUT2D eigenvalue weighted by Gasteiger charge is -2.36. The zero-order valence-corrected chi connectivity index (χ0v) is 15.9. The van der Waals surface area contributed by atoms with E-state index in [1.165, 1.54) is 19.2 Å². The molecule has 2 rings (SSSR count). The molecule has 0 saturated carbocycles. The van der Waals surface area contributed by atoms with Crippen LogP contribution in [0.4, 0.5) is 9.18 Å². The normalized spacial score (nSPS) is 17.9. The molecule has 1 unspecified atom stereocenters. The van der Waals surface area contributed by atoms with Gasteiger partial charge in [-0.25, -0.2) is 9.18 Å². The van der Waals surface area contributed by atoms with Gasteiger partial charge in [0, 0.05) is 33.1 Å². The van der Waals surface area contributed by atoms with Crippen molar-refractivity contribution < 1.29 is 14.0 Å². The number of halogens is 1. The van der Waals surface area contributed by atoms with Crippen molar-refractivity contribution in [2.24, 2.45) is 17.6 Å². The van der Waals surface area contributed by atoms with Crippen LogP contribution in [0.15, 0.2) is 24.3 Å². The molecule has 27 heavy (non-hydrogen) atoms. The molecule has 1 aliphatic rings. The number of carbonyl (C=O) groups is 2. The van der Waals surface area contributed by atoms with Crippen LogP contribution in [0.2, 0.25) is 0 Å². The molecule has 8 heteroatoms. The van der Waals surface area contributed by atoms with Crippen molar-refractivity contribution in [1.29, 1.82) is 5.41 Å². The minimum absolute atomic E-state index is 0.0816. The first-order chi connectivity index (χ1) is 12.8. The summed E-state index contributed by atoms with van der Waals surface area (Å²) in [5.74, 6) is -0.494. The number of guanidine groups is 1. The van der Waals surface area contributed by atoms with E-state index in [9.17, 15) is 14.0 Å². The largest absolute Gasteiger partial charge is 0.370 e. The first kappa shape index (κ1) is 20.7. The monoisotopic (exact) mass is 377 g/mol. The van der Waals surface area contributed by atoms with E-state index in [0.29, 0.717) is 25.1 Å². The van der Waals surface area contributed by atoms with E-state index in [0.717, 1.165) is 17.7 Å². The molecule has 0 aliphatic carbocycles. The summed E-state index contributed by atoms with van der Waals surface area (Å²) in [6, 6.07) is 5.97. The predicted octanol–water partition coefficient (Wildman–Crippen LogP) is 2.13. The Hall–Kier alpha value is -2.64. The van der Waals surface area contributed by atoms with Crippen molar-refractivity contribution in [3.63, 3.8) is 0 Å². The Balaban J connectivity index is 1.86. The quantitative estimate of drug-likeness (QED) is 0.541. The highest BCUT2D eigenvalue weighted by Gasteiger charge is 2.29. The number of nitrogens with two attached hydrogens (primary N) is 1. The number of rotatable bonds is 5. The minimum Gasteiger partial charge on any atom is -0.370 e. The lowest BCUT2D eigenvalue weighted by Crippen LogP contribution is -2.47. The summed E-state index contributed by atoms with van der Waals surface area (Å²) >= 11 is 0. The minimum atomic E-state index is -0.325. The summed E-state index contributed by atoms with van der Waals surface area (Å²) < 4.78 is 13.2. The van der Waals surface area contributed by atoms with E-state index in [1.807, 2.05) is 6.92 Å². The van der Waals surface area contributed by atoms with Crippen molar-refractivity contribution >= 4 is 17.9 Å². The van der Waals surface area contributed by atoms with Crippen LogP contribution >= 0.6 is 0 Å². The van der Waals surface area contributed by atoms with Crippen molar-refractivity contribution in [3.8, 4) is 0 Å². The smallest absolute Gasteiger partial charge is 0.317 e. The molecular formula is C19H28FN5O2. The highest BCUT2D eigenvalue weighted by atomic mass is 19.1. The highest BCUT2D eigenvalue weighted by molar-refractivity contribution is 5.94. The highest BCUT2D eigenvalue weighted by Crippen LogP contribution is 2.26. The molecule has 4 N–H and O–H groups in total. The summed E-state index contributed by atoms with van der Waals surface area (Å²) in [4.78, 5) is 27.5. The van der Waals surface area contributed by atoms with Crippen LogP contribution in [0.1, 0.15) is 31.7 Å². The Labute approximate surface area is 159 Å². The average Bonchev–Trinajstić information content (AvgIpc) is 2.65. The van der Waals surface area contributed by atoms with E-state index in [1.54, 1.807) is 17.0 Å². The predicted molar refractivity (Wildman–Crippen MR) is 101 cm³/mol. The second-order valence-electron chi connectivity index (χ2n) is 7.16. The van der Waals surface area contributed by atoms with Crippen molar-refractivity contribution in [3.05, 3.63) is 35.6 Å². The number of hydrogen-bond acceptors (Lipinski definition) is 3. The standard InChI is InChI=1S/C19H28FN5O2/c1-13(9-17(26)24(2)18(21)22)15-6-4-8-25(12-15)19(27)23-11-14-5-3-7-16(20)10-14/h3,5,7,10,13,15H,4,6,8-9,11-12H2,1-2H3,(H3,21,22)(H,23,27)/t13-,15?/m1/s1.